The molecule has 1 N–H and O–H groups in total. The molecule has 0 saturated carbocycles. The summed E-state index contributed by atoms with van der Waals surface area (Å²) in [6.45, 7) is 5.69. The van der Waals surface area contributed by atoms with Gasteiger partial charge >= 0.3 is 0 Å². The van der Waals surface area contributed by atoms with Crippen LogP contribution in [-0.4, -0.2) is 13.4 Å². The molecule has 0 atom stereocenters. The Labute approximate surface area is 137 Å². The van der Waals surface area contributed by atoms with Gasteiger partial charge in [0.15, 0.2) is 0 Å². The highest BCUT2D eigenvalue weighted by molar-refractivity contribution is 9.10. The van der Waals surface area contributed by atoms with Gasteiger partial charge in [0.05, 0.1) is 5.69 Å². The number of hydrogen-bond acceptors (Lipinski definition) is 3. The molecule has 4 nitrogen and oxygen atoms in total. The molecular formula is C14H14BrClN2O2S. The first kappa shape index (κ1) is 16.3. The van der Waals surface area contributed by atoms with Crippen LogP contribution < -0.4 is 4.72 Å². The van der Waals surface area contributed by atoms with E-state index in [-0.39, 0.29) is 10.0 Å². The van der Waals surface area contributed by atoms with Crippen LogP contribution in [0.5, 0.6) is 0 Å². The Kier molecular flexibility index (Phi) is 4.60. The quantitative estimate of drug-likeness (QED) is 0.799. The fraction of sp³-hybridized carbons (Fsp3) is 0.214. The van der Waals surface area contributed by atoms with E-state index in [2.05, 4.69) is 25.6 Å². The van der Waals surface area contributed by atoms with Crippen molar-refractivity contribution in [1.82, 2.24) is 4.98 Å². The van der Waals surface area contributed by atoms with Gasteiger partial charge in [-0.05, 0) is 53.9 Å². The molecule has 0 saturated heterocycles. The molecule has 2 aromatic rings. The average Bonchev–Trinajstić information content (AvgIpc) is 2.36. The summed E-state index contributed by atoms with van der Waals surface area (Å²) in [6.07, 6.45) is 1.45. The molecule has 2 rings (SSSR count). The zero-order valence-corrected chi connectivity index (χ0v) is 14.9. The van der Waals surface area contributed by atoms with Gasteiger partial charge in [0.25, 0.3) is 10.0 Å². The zero-order chi connectivity index (χ0) is 15.8. The Hall–Kier alpha value is -1.11. The molecule has 0 amide bonds. The van der Waals surface area contributed by atoms with E-state index in [0.717, 1.165) is 16.7 Å². The maximum Gasteiger partial charge on any atom is 0.265 e. The highest BCUT2D eigenvalue weighted by atomic mass is 79.9. The lowest BCUT2D eigenvalue weighted by Crippen LogP contribution is -2.15. The van der Waals surface area contributed by atoms with E-state index in [1.165, 1.54) is 12.3 Å². The van der Waals surface area contributed by atoms with Crippen molar-refractivity contribution in [1.29, 1.82) is 0 Å². The lowest BCUT2D eigenvalue weighted by atomic mass is 10.1. The van der Waals surface area contributed by atoms with E-state index in [4.69, 9.17) is 11.6 Å². The van der Waals surface area contributed by atoms with Crippen LogP contribution in [0.25, 0.3) is 0 Å². The molecular weight excluding hydrogens is 376 g/mol. The first-order valence-corrected chi connectivity index (χ1v) is 8.78. The highest BCUT2D eigenvalue weighted by Gasteiger charge is 2.21. The number of rotatable bonds is 3. The van der Waals surface area contributed by atoms with Crippen molar-refractivity contribution in [3.05, 3.63) is 50.7 Å². The molecule has 0 radical (unpaired) electrons. The third-order valence-electron chi connectivity index (χ3n) is 2.98. The van der Waals surface area contributed by atoms with Crippen molar-refractivity contribution in [2.24, 2.45) is 0 Å². The van der Waals surface area contributed by atoms with Crippen LogP contribution in [0.1, 0.15) is 16.7 Å². The summed E-state index contributed by atoms with van der Waals surface area (Å²) in [7, 11) is -3.80. The van der Waals surface area contributed by atoms with E-state index < -0.39 is 10.0 Å². The number of benzene rings is 1. The van der Waals surface area contributed by atoms with Gasteiger partial charge in [-0.25, -0.2) is 13.4 Å². The smallest absolute Gasteiger partial charge is 0.265 e. The number of aromatic nitrogens is 1. The SMILES string of the molecule is Cc1cc(C)c(NS(=O)(=O)c2cc(Br)cnc2Cl)c(C)c1. The molecule has 1 aromatic carbocycles. The van der Waals surface area contributed by atoms with Crippen LogP contribution >= 0.6 is 27.5 Å². The maximum atomic E-state index is 12.5. The first-order valence-electron chi connectivity index (χ1n) is 6.12. The number of aryl methyl sites for hydroxylation is 3. The lowest BCUT2D eigenvalue weighted by Gasteiger charge is -2.14. The van der Waals surface area contributed by atoms with Crippen LogP contribution in [-0.2, 0) is 10.0 Å². The molecule has 1 heterocycles. The van der Waals surface area contributed by atoms with Crippen LogP contribution in [0.2, 0.25) is 5.15 Å². The predicted molar refractivity (Wildman–Crippen MR) is 88.4 cm³/mol. The van der Waals surface area contributed by atoms with E-state index >= 15 is 0 Å². The summed E-state index contributed by atoms with van der Waals surface area (Å²) in [6, 6.07) is 5.27. The highest BCUT2D eigenvalue weighted by Crippen LogP contribution is 2.28. The second-order valence-corrected chi connectivity index (χ2v) is 7.75. The third-order valence-corrected chi connectivity index (χ3v) is 5.19. The zero-order valence-electron chi connectivity index (χ0n) is 11.7. The molecule has 0 fully saturated rings. The second-order valence-electron chi connectivity index (χ2n) is 4.82. The van der Waals surface area contributed by atoms with Gasteiger partial charge < -0.3 is 0 Å². The fourth-order valence-electron chi connectivity index (χ4n) is 2.12. The summed E-state index contributed by atoms with van der Waals surface area (Å²) >= 11 is 9.10. The van der Waals surface area contributed by atoms with Crippen LogP contribution in [0, 0.1) is 20.8 Å². The standard InChI is InChI=1S/C14H14BrClN2O2S/c1-8-4-9(2)13(10(3)5-8)18-21(19,20)12-6-11(15)7-17-14(12)16/h4-7,18H,1-3H3. The van der Waals surface area contributed by atoms with Crippen LogP contribution in [0.15, 0.2) is 33.8 Å². The third kappa shape index (κ3) is 3.56. The minimum absolute atomic E-state index is 0.0575. The molecule has 0 spiro atoms. The lowest BCUT2D eigenvalue weighted by molar-refractivity contribution is 0.600. The molecule has 0 aliphatic carbocycles. The largest absolute Gasteiger partial charge is 0.279 e. The van der Waals surface area contributed by atoms with Gasteiger partial charge in [0.1, 0.15) is 10.0 Å². The number of pyridine rings is 1. The minimum Gasteiger partial charge on any atom is -0.279 e. The van der Waals surface area contributed by atoms with Crippen molar-refractivity contribution >= 4 is 43.2 Å². The minimum atomic E-state index is -3.80. The van der Waals surface area contributed by atoms with Gasteiger partial charge in [-0.1, -0.05) is 29.3 Å². The molecule has 0 aliphatic rings. The molecule has 7 heteroatoms. The van der Waals surface area contributed by atoms with E-state index in [1.54, 1.807) is 0 Å². The normalized spacial score (nSPS) is 11.5. The van der Waals surface area contributed by atoms with Crippen molar-refractivity contribution < 1.29 is 8.42 Å². The predicted octanol–water partition coefficient (Wildman–Crippen LogP) is 4.22. The molecule has 21 heavy (non-hydrogen) atoms. The second kappa shape index (κ2) is 5.94. The van der Waals surface area contributed by atoms with Gasteiger partial charge in [-0.2, -0.15) is 0 Å². The molecule has 0 aliphatic heterocycles. The summed E-state index contributed by atoms with van der Waals surface area (Å²) in [5, 5.41) is -0.0619. The monoisotopic (exact) mass is 388 g/mol. The van der Waals surface area contributed by atoms with Gasteiger partial charge in [-0.3, -0.25) is 4.72 Å². The van der Waals surface area contributed by atoms with Gasteiger partial charge in [-0.15, -0.1) is 0 Å². The first-order chi connectivity index (χ1) is 9.70. The Morgan fingerprint density at radius 1 is 1.14 bits per heavy atom. The van der Waals surface area contributed by atoms with Crippen molar-refractivity contribution in [3.8, 4) is 0 Å². The summed E-state index contributed by atoms with van der Waals surface area (Å²) in [5.74, 6) is 0. The van der Waals surface area contributed by atoms with Crippen molar-refractivity contribution in [2.75, 3.05) is 4.72 Å². The number of halogens is 2. The van der Waals surface area contributed by atoms with Gasteiger partial charge in [0, 0.05) is 10.7 Å². The Morgan fingerprint density at radius 2 is 1.71 bits per heavy atom. The molecule has 112 valence electrons. The van der Waals surface area contributed by atoms with Crippen molar-refractivity contribution in [3.63, 3.8) is 0 Å². The van der Waals surface area contributed by atoms with Crippen molar-refractivity contribution in [2.45, 2.75) is 25.7 Å². The summed E-state index contributed by atoms with van der Waals surface area (Å²) < 4.78 is 28.2. The van der Waals surface area contributed by atoms with Gasteiger partial charge in [0.2, 0.25) is 0 Å². The average molecular weight is 390 g/mol. The summed E-state index contributed by atoms with van der Waals surface area (Å²) in [4.78, 5) is 3.79. The number of nitrogens with one attached hydrogen (secondary N) is 1. The number of anilines is 1. The Balaban J connectivity index is 2.50. The molecule has 0 bridgehead atoms. The van der Waals surface area contributed by atoms with E-state index in [9.17, 15) is 8.42 Å². The van der Waals surface area contributed by atoms with Crippen LogP contribution in [0.4, 0.5) is 5.69 Å². The number of nitrogens with zero attached hydrogens (tertiary/aromatic N) is 1. The number of sulfonamides is 1. The Bertz CT molecular complexity index is 784. The van der Waals surface area contributed by atoms with Crippen LogP contribution in [0.3, 0.4) is 0 Å². The molecule has 0 unspecified atom stereocenters. The van der Waals surface area contributed by atoms with E-state index in [0.29, 0.717) is 10.2 Å². The Morgan fingerprint density at radius 3 is 2.29 bits per heavy atom. The number of hydrogen-bond donors (Lipinski definition) is 1. The maximum absolute atomic E-state index is 12.5. The fourth-order valence-corrected chi connectivity index (χ4v) is 4.27. The summed E-state index contributed by atoms with van der Waals surface area (Å²) in [5.41, 5.74) is 3.36. The van der Waals surface area contributed by atoms with E-state index in [1.807, 2.05) is 32.9 Å². The topological polar surface area (TPSA) is 59.1 Å². The molecule has 1 aromatic heterocycles.